The zero-order chi connectivity index (χ0) is 16.4. The van der Waals surface area contributed by atoms with E-state index in [0.29, 0.717) is 28.2 Å². The number of halogens is 1. The van der Waals surface area contributed by atoms with Crippen molar-refractivity contribution in [1.29, 1.82) is 5.26 Å². The van der Waals surface area contributed by atoms with E-state index < -0.39 is 0 Å². The average Bonchev–Trinajstić information content (AvgIpc) is 2.59. The molecule has 0 amide bonds. The number of hydrogen-bond donors (Lipinski definition) is 0. The van der Waals surface area contributed by atoms with E-state index in [0.717, 1.165) is 10.0 Å². The van der Waals surface area contributed by atoms with Crippen LogP contribution in [0.3, 0.4) is 0 Å². The Kier molecular flexibility index (Phi) is 4.46. The normalized spacial score (nSPS) is 10.7. The first kappa shape index (κ1) is 15.7. The van der Waals surface area contributed by atoms with E-state index in [-0.39, 0.29) is 5.56 Å². The maximum absolute atomic E-state index is 12.7. The van der Waals surface area contributed by atoms with Crippen LogP contribution in [0, 0.1) is 11.3 Å². The van der Waals surface area contributed by atoms with Gasteiger partial charge in [0.05, 0.1) is 33.6 Å². The summed E-state index contributed by atoms with van der Waals surface area (Å²) in [5.41, 5.74) is 1.78. The summed E-state index contributed by atoms with van der Waals surface area (Å²) in [6.45, 7) is 0.321. The first-order valence-electron chi connectivity index (χ1n) is 6.71. The van der Waals surface area contributed by atoms with Crippen molar-refractivity contribution in [1.82, 2.24) is 14.5 Å². The minimum atomic E-state index is -0.177. The van der Waals surface area contributed by atoms with Gasteiger partial charge in [-0.15, -0.1) is 0 Å². The quantitative estimate of drug-likeness (QED) is 0.510. The van der Waals surface area contributed by atoms with Crippen LogP contribution in [0.4, 0.5) is 0 Å². The van der Waals surface area contributed by atoms with Crippen molar-refractivity contribution in [3.63, 3.8) is 0 Å². The predicted molar refractivity (Wildman–Crippen MR) is 93.5 cm³/mol. The van der Waals surface area contributed by atoms with Gasteiger partial charge in [0.25, 0.3) is 5.56 Å². The van der Waals surface area contributed by atoms with Crippen molar-refractivity contribution >= 4 is 38.6 Å². The monoisotopic (exact) mass is 386 g/mol. The van der Waals surface area contributed by atoms with Gasteiger partial charge in [-0.25, -0.2) is 9.97 Å². The van der Waals surface area contributed by atoms with Gasteiger partial charge in [0.15, 0.2) is 5.16 Å². The molecule has 0 unspecified atom stereocenters. The highest BCUT2D eigenvalue weighted by atomic mass is 79.9. The standard InChI is InChI=1S/C16H11BrN4OS/c1-23-16-19-7-12-14(20-16)13(17)9-21(15(12)22)8-11-5-3-2-4-10(11)6-18/h2-5,7,9H,8H2,1H3. The maximum atomic E-state index is 12.7. The molecule has 2 aromatic heterocycles. The molecular weight excluding hydrogens is 376 g/mol. The second-order valence-corrected chi connectivity index (χ2v) is 6.43. The molecule has 7 heteroatoms. The fourth-order valence-corrected chi connectivity index (χ4v) is 3.17. The van der Waals surface area contributed by atoms with E-state index in [1.54, 1.807) is 29.1 Å². The Morgan fingerprint density at radius 3 is 2.91 bits per heavy atom. The zero-order valence-electron chi connectivity index (χ0n) is 12.2. The first-order chi connectivity index (χ1) is 11.1. The second kappa shape index (κ2) is 6.52. The van der Waals surface area contributed by atoms with Crippen LogP contribution in [0.1, 0.15) is 11.1 Å². The first-order valence-corrected chi connectivity index (χ1v) is 8.73. The molecule has 0 saturated carbocycles. The van der Waals surface area contributed by atoms with Gasteiger partial charge in [0.1, 0.15) is 0 Å². The lowest BCUT2D eigenvalue weighted by atomic mass is 10.1. The van der Waals surface area contributed by atoms with Crippen LogP contribution in [0.15, 0.2) is 51.1 Å². The van der Waals surface area contributed by atoms with E-state index in [1.807, 2.05) is 18.4 Å². The molecule has 0 spiro atoms. The van der Waals surface area contributed by atoms with Gasteiger partial charge in [-0.3, -0.25) is 4.79 Å². The Hall–Kier alpha value is -2.17. The highest BCUT2D eigenvalue weighted by Gasteiger charge is 2.11. The third-order valence-electron chi connectivity index (χ3n) is 3.41. The largest absolute Gasteiger partial charge is 0.309 e. The summed E-state index contributed by atoms with van der Waals surface area (Å²) in [6.07, 6.45) is 5.14. The molecule has 5 nitrogen and oxygen atoms in total. The lowest BCUT2D eigenvalue weighted by molar-refractivity contribution is 0.761. The number of pyridine rings is 1. The molecule has 0 atom stereocenters. The van der Waals surface area contributed by atoms with Crippen LogP contribution in [-0.4, -0.2) is 20.8 Å². The van der Waals surface area contributed by atoms with Gasteiger partial charge in [-0.05, 0) is 33.8 Å². The van der Waals surface area contributed by atoms with Gasteiger partial charge in [0, 0.05) is 12.4 Å². The smallest absolute Gasteiger partial charge is 0.261 e. The van der Waals surface area contributed by atoms with Gasteiger partial charge in [0.2, 0.25) is 0 Å². The molecule has 0 saturated heterocycles. The molecule has 3 rings (SSSR count). The fourth-order valence-electron chi connectivity index (χ4n) is 2.28. The Balaban J connectivity index is 2.15. The van der Waals surface area contributed by atoms with Crippen molar-refractivity contribution in [3.8, 4) is 6.07 Å². The van der Waals surface area contributed by atoms with Gasteiger partial charge >= 0.3 is 0 Å². The number of fused-ring (bicyclic) bond motifs is 1. The summed E-state index contributed by atoms with van der Waals surface area (Å²) in [4.78, 5) is 21.2. The van der Waals surface area contributed by atoms with Crippen LogP contribution >= 0.6 is 27.7 Å². The summed E-state index contributed by atoms with van der Waals surface area (Å²) in [7, 11) is 0. The van der Waals surface area contributed by atoms with Gasteiger partial charge in [-0.2, -0.15) is 5.26 Å². The summed E-state index contributed by atoms with van der Waals surface area (Å²) < 4.78 is 2.28. The van der Waals surface area contributed by atoms with E-state index in [4.69, 9.17) is 0 Å². The van der Waals surface area contributed by atoms with Crippen molar-refractivity contribution in [3.05, 3.63) is 62.6 Å². The topological polar surface area (TPSA) is 71.6 Å². The van der Waals surface area contributed by atoms with Crippen molar-refractivity contribution in [2.24, 2.45) is 0 Å². The van der Waals surface area contributed by atoms with Crippen LogP contribution < -0.4 is 5.56 Å². The van der Waals surface area contributed by atoms with Crippen molar-refractivity contribution < 1.29 is 0 Å². The second-order valence-electron chi connectivity index (χ2n) is 4.80. The Bertz CT molecular complexity index is 994. The Morgan fingerprint density at radius 2 is 2.17 bits per heavy atom. The van der Waals surface area contributed by atoms with Crippen LogP contribution in [0.5, 0.6) is 0 Å². The molecule has 1 aromatic carbocycles. The molecule has 2 heterocycles. The minimum Gasteiger partial charge on any atom is -0.309 e. The molecular formula is C16H11BrN4OS. The number of nitriles is 1. The highest BCUT2D eigenvalue weighted by Crippen LogP contribution is 2.21. The molecule has 0 fully saturated rings. The molecule has 0 N–H and O–H groups in total. The summed E-state index contributed by atoms with van der Waals surface area (Å²) >= 11 is 4.89. The maximum Gasteiger partial charge on any atom is 0.261 e. The minimum absolute atomic E-state index is 0.177. The number of hydrogen-bond acceptors (Lipinski definition) is 5. The van der Waals surface area contributed by atoms with Gasteiger partial charge in [-0.1, -0.05) is 30.0 Å². The lowest BCUT2D eigenvalue weighted by Gasteiger charge is -2.10. The summed E-state index contributed by atoms with van der Waals surface area (Å²) in [6, 6.07) is 9.39. The van der Waals surface area contributed by atoms with E-state index in [9.17, 15) is 10.1 Å². The fraction of sp³-hybridized carbons (Fsp3) is 0.125. The molecule has 0 radical (unpaired) electrons. The van der Waals surface area contributed by atoms with Gasteiger partial charge < -0.3 is 4.57 Å². The number of thioether (sulfide) groups is 1. The highest BCUT2D eigenvalue weighted by molar-refractivity contribution is 9.10. The third-order valence-corrected chi connectivity index (χ3v) is 4.56. The average molecular weight is 387 g/mol. The summed E-state index contributed by atoms with van der Waals surface area (Å²) in [5, 5.41) is 10.2. The molecule has 0 bridgehead atoms. The summed E-state index contributed by atoms with van der Waals surface area (Å²) in [5.74, 6) is 0. The Labute approximate surface area is 145 Å². The molecule has 0 aliphatic rings. The molecule has 23 heavy (non-hydrogen) atoms. The SMILES string of the molecule is CSc1ncc2c(=O)n(Cc3ccccc3C#N)cc(Br)c2n1. The van der Waals surface area contributed by atoms with Crippen LogP contribution in [0.2, 0.25) is 0 Å². The third kappa shape index (κ3) is 3.00. The Morgan fingerprint density at radius 1 is 1.39 bits per heavy atom. The number of nitrogens with zero attached hydrogens (tertiary/aromatic N) is 4. The van der Waals surface area contributed by atoms with E-state index in [2.05, 4.69) is 32.0 Å². The van der Waals surface area contributed by atoms with Crippen LogP contribution in [0.25, 0.3) is 10.9 Å². The lowest BCUT2D eigenvalue weighted by Crippen LogP contribution is -2.21. The van der Waals surface area contributed by atoms with Crippen molar-refractivity contribution in [2.45, 2.75) is 11.7 Å². The van der Waals surface area contributed by atoms with E-state index >= 15 is 0 Å². The van der Waals surface area contributed by atoms with Crippen molar-refractivity contribution in [2.75, 3.05) is 6.26 Å². The molecule has 114 valence electrons. The molecule has 0 aliphatic carbocycles. The number of benzene rings is 1. The predicted octanol–water partition coefficient (Wildman–Crippen LogP) is 3.20. The van der Waals surface area contributed by atoms with Crippen LogP contribution in [-0.2, 0) is 6.54 Å². The molecule has 0 aliphatic heterocycles. The number of aromatic nitrogens is 3. The number of rotatable bonds is 3. The zero-order valence-corrected chi connectivity index (χ0v) is 14.6. The molecule has 3 aromatic rings. The van der Waals surface area contributed by atoms with E-state index in [1.165, 1.54) is 11.8 Å².